The highest BCUT2D eigenvalue weighted by atomic mass is 15.3. The molecule has 1 heterocycles. The number of nitrogens with two attached hydrogens (primary N) is 4. The standard InChI is InChI=1S/C17H25N9/c1-23-14-3-2-10(5-13(14)19)8-24-9-11(7-18)4-12-6-15(20)25-17(26-22)16(12)21/h2-3,5-7,9,18,23-24H,4,8,19,21-22H2,1H3,(H3,20,25,26)/b11-9-,18-7?. The average molecular weight is 355 g/mol. The molecule has 0 radical (unpaired) electrons. The maximum atomic E-state index is 7.61. The molecule has 9 heteroatoms. The van der Waals surface area contributed by atoms with Crippen LogP contribution >= 0.6 is 0 Å². The first kappa shape index (κ1) is 18.9. The molecule has 0 aliphatic heterocycles. The summed E-state index contributed by atoms with van der Waals surface area (Å²) < 4.78 is 0. The van der Waals surface area contributed by atoms with Crippen molar-refractivity contribution >= 4 is 34.9 Å². The molecule has 0 saturated heterocycles. The van der Waals surface area contributed by atoms with Crippen LogP contribution in [0.1, 0.15) is 11.1 Å². The van der Waals surface area contributed by atoms with Crippen LogP contribution in [0.2, 0.25) is 0 Å². The second-order valence-electron chi connectivity index (χ2n) is 5.71. The fourth-order valence-electron chi connectivity index (χ4n) is 2.50. The Morgan fingerprint density at radius 1 is 1.23 bits per heavy atom. The van der Waals surface area contributed by atoms with Gasteiger partial charge in [0.25, 0.3) is 0 Å². The van der Waals surface area contributed by atoms with Crippen molar-refractivity contribution in [3.63, 3.8) is 0 Å². The van der Waals surface area contributed by atoms with Gasteiger partial charge in [-0.15, -0.1) is 0 Å². The van der Waals surface area contributed by atoms with Crippen LogP contribution in [0.15, 0.2) is 36.0 Å². The second-order valence-corrected chi connectivity index (χ2v) is 5.71. The van der Waals surface area contributed by atoms with E-state index in [1.165, 1.54) is 6.21 Å². The molecule has 2 aromatic rings. The van der Waals surface area contributed by atoms with Crippen molar-refractivity contribution in [2.75, 3.05) is 35.0 Å². The van der Waals surface area contributed by atoms with E-state index >= 15 is 0 Å². The van der Waals surface area contributed by atoms with Gasteiger partial charge in [-0.3, -0.25) is 0 Å². The van der Waals surface area contributed by atoms with Crippen molar-refractivity contribution in [1.82, 2.24) is 10.3 Å². The molecular weight excluding hydrogens is 330 g/mol. The minimum absolute atomic E-state index is 0.305. The van der Waals surface area contributed by atoms with E-state index in [0.717, 1.165) is 22.4 Å². The van der Waals surface area contributed by atoms with Crippen molar-refractivity contribution < 1.29 is 0 Å². The third-order valence-corrected chi connectivity index (χ3v) is 3.86. The Kier molecular flexibility index (Phi) is 6.23. The Morgan fingerprint density at radius 3 is 2.62 bits per heavy atom. The van der Waals surface area contributed by atoms with Crippen molar-refractivity contribution in [3.8, 4) is 0 Å². The third kappa shape index (κ3) is 4.54. The van der Waals surface area contributed by atoms with Gasteiger partial charge in [0.15, 0.2) is 5.82 Å². The van der Waals surface area contributed by atoms with E-state index < -0.39 is 0 Å². The van der Waals surface area contributed by atoms with Gasteiger partial charge in [0.1, 0.15) is 5.82 Å². The van der Waals surface area contributed by atoms with E-state index in [9.17, 15) is 0 Å². The van der Waals surface area contributed by atoms with E-state index in [2.05, 4.69) is 21.0 Å². The summed E-state index contributed by atoms with van der Waals surface area (Å²) >= 11 is 0. The number of pyridine rings is 1. The number of nitrogen functional groups attached to an aromatic ring is 4. The van der Waals surface area contributed by atoms with Gasteiger partial charge in [-0.25, -0.2) is 10.8 Å². The van der Waals surface area contributed by atoms with Gasteiger partial charge in [0.05, 0.1) is 17.1 Å². The van der Waals surface area contributed by atoms with Gasteiger partial charge in [-0.1, -0.05) is 6.07 Å². The lowest BCUT2D eigenvalue weighted by Crippen LogP contribution is -2.14. The van der Waals surface area contributed by atoms with E-state index in [-0.39, 0.29) is 0 Å². The Labute approximate surface area is 152 Å². The zero-order chi connectivity index (χ0) is 19.1. The van der Waals surface area contributed by atoms with Gasteiger partial charge in [0, 0.05) is 32.4 Å². The Morgan fingerprint density at radius 2 is 2.00 bits per heavy atom. The minimum Gasteiger partial charge on any atom is -0.397 e. The van der Waals surface area contributed by atoms with E-state index in [1.54, 1.807) is 12.3 Å². The van der Waals surface area contributed by atoms with Gasteiger partial charge >= 0.3 is 0 Å². The Hall–Kier alpha value is -3.46. The maximum absolute atomic E-state index is 7.61. The average Bonchev–Trinajstić information content (AvgIpc) is 2.63. The number of benzene rings is 1. The van der Waals surface area contributed by atoms with Crippen LogP contribution < -0.4 is 39.1 Å². The minimum atomic E-state index is 0.305. The molecule has 0 amide bonds. The molecule has 1 aromatic heterocycles. The van der Waals surface area contributed by atoms with E-state index in [4.69, 9.17) is 28.5 Å². The van der Waals surface area contributed by atoms with Crippen LogP contribution in [-0.2, 0) is 13.0 Å². The van der Waals surface area contributed by atoms with E-state index in [1.807, 2.05) is 25.2 Å². The highest BCUT2D eigenvalue weighted by Gasteiger charge is 2.09. The predicted molar refractivity (Wildman–Crippen MR) is 109 cm³/mol. The number of nitrogens with one attached hydrogen (secondary N) is 4. The van der Waals surface area contributed by atoms with Crippen molar-refractivity contribution in [2.24, 2.45) is 5.84 Å². The molecule has 0 bridgehead atoms. The zero-order valence-electron chi connectivity index (χ0n) is 14.6. The summed E-state index contributed by atoms with van der Waals surface area (Å²) in [5, 5.41) is 13.8. The predicted octanol–water partition coefficient (Wildman–Crippen LogP) is 1.02. The fraction of sp³-hybridized carbons (Fsp3) is 0.176. The van der Waals surface area contributed by atoms with Gasteiger partial charge in [-0.05, 0) is 34.9 Å². The fourth-order valence-corrected chi connectivity index (χ4v) is 2.50. The SMILES string of the molecule is CNc1ccc(CN/C=C(\C=N)Cc2cc(N)nc(NN)c2N)cc1N. The molecule has 0 atom stereocenters. The summed E-state index contributed by atoms with van der Waals surface area (Å²) in [4.78, 5) is 4.02. The first-order valence-corrected chi connectivity index (χ1v) is 7.99. The van der Waals surface area contributed by atoms with Gasteiger partial charge in [-0.2, -0.15) is 0 Å². The summed E-state index contributed by atoms with van der Waals surface area (Å²) in [7, 11) is 1.83. The molecular formula is C17H25N9. The van der Waals surface area contributed by atoms with Gasteiger partial charge < -0.3 is 38.7 Å². The number of nitrogens with zero attached hydrogens (tertiary/aromatic N) is 1. The molecule has 138 valence electrons. The van der Waals surface area contributed by atoms with Crippen LogP contribution in [0.5, 0.6) is 0 Å². The molecule has 0 aliphatic carbocycles. The van der Waals surface area contributed by atoms with Crippen LogP contribution in [0.4, 0.5) is 28.7 Å². The highest BCUT2D eigenvalue weighted by Crippen LogP contribution is 2.24. The number of anilines is 5. The monoisotopic (exact) mass is 355 g/mol. The lowest BCUT2D eigenvalue weighted by molar-refractivity contribution is 0.862. The van der Waals surface area contributed by atoms with Crippen molar-refractivity contribution in [1.29, 1.82) is 5.41 Å². The molecule has 26 heavy (non-hydrogen) atoms. The topological polar surface area (TPSA) is 177 Å². The first-order valence-electron chi connectivity index (χ1n) is 7.99. The lowest BCUT2D eigenvalue weighted by atomic mass is 10.1. The molecule has 1 aromatic carbocycles. The number of allylic oxidation sites excluding steroid dienone is 1. The molecule has 0 spiro atoms. The van der Waals surface area contributed by atoms with Crippen LogP contribution in [0.25, 0.3) is 0 Å². The largest absolute Gasteiger partial charge is 0.397 e. The van der Waals surface area contributed by atoms with Crippen LogP contribution in [-0.4, -0.2) is 18.2 Å². The zero-order valence-corrected chi connectivity index (χ0v) is 14.6. The lowest BCUT2D eigenvalue weighted by Gasteiger charge is -2.12. The number of hydrazine groups is 1. The Bertz CT molecular complexity index is 814. The van der Waals surface area contributed by atoms with Crippen molar-refractivity contribution in [3.05, 3.63) is 47.2 Å². The smallest absolute Gasteiger partial charge is 0.165 e. The van der Waals surface area contributed by atoms with Crippen LogP contribution in [0.3, 0.4) is 0 Å². The Balaban J connectivity index is 2.08. The maximum Gasteiger partial charge on any atom is 0.165 e. The molecule has 2 rings (SSSR count). The summed E-state index contributed by atoms with van der Waals surface area (Å²) in [6.07, 6.45) is 3.45. The number of aromatic nitrogens is 1. The number of hydrogen-bond donors (Lipinski definition) is 8. The molecule has 0 fully saturated rings. The molecule has 12 N–H and O–H groups in total. The number of rotatable bonds is 8. The molecule has 0 aliphatic rings. The summed E-state index contributed by atoms with van der Waals surface area (Å²) in [6.45, 7) is 0.578. The normalized spacial score (nSPS) is 11.1. The highest BCUT2D eigenvalue weighted by molar-refractivity contribution is 5.78. The third-order valence-electron chi connectivity index (χ3n) is 3.86. The van der Waals surface area contributed by atoms with E-state index in [0.29, 0.717) is 36.0 Å². The first-order chi connectivity index (χ1) is 12.5. The second kappa shape index (κ2) is 8.58. The molecule has 0 saturated carbocycles. The van der Waals surface area contributed by atoms with Crippen molar-refractivity contribution in [2.45, 2.75) is 13.0 Å². The van der Waals surface area contributed by atoms with Crippen LogP contribution in [0, 0.1) is 5.41 Å². The molecule has 9 nitrogen and oxygen atoms in total. The molecule has 0 unspecified atom stereocenters. The number of hydrogen-bond acceptors (Lipinski definition) is 9. The van der Waals surface area contributed by atoms with Gasteiger partial charge in [0.2, 0.25) is 0 Å². The summed E-state index contributed by atoms with van der Waals surface area (Å²) in [5.41, 5.74) is 24.7. The summed E-state index contributed by atoms with van der Waals surface area (Å²) in [5.74, 6) is 6.02. The quantitative estimate of drug-likeness (QED) is 0.150. The summed E-state index contributed by atoms with van der Waals surface area (Å²) in [6, 6.07) is 7.48.